The second-order valence-electron chi connectivity index (χ2n) is 5.53. The van der Waals surface area contributed by atoms with Gasteiger partial charge in [0.05, 0.1) is 0 Å². The quantitative estimate of drug-likeness (QED) is 0.634. The van der Waals surface area contributed by atoms with Gasteiger partial charge in [0.15, 0.2) is 0 Å². The second kappa shape index (κ2) is 10.3. The Morgan fingerprint density at radius 2 is 1.83 bits per heavy atom. The zero-order valence-corrected chi connectivity index (χ0v) is 14.1. The maximum atomic E-state index is 12.0. The van der Waals surface area contributed by atoms with Crippen LogP contribution in [0.3, 0.4) is 0 Å². The predicted molar refractivity (Wildman–Crippen MR) is 89.9 cm³/mol. The monoisotopic (exact) mass is 335 g/mol. The van der Waals surface area contributed by atoms with Gasteiger partial charge in [0.25, 0.3) is 0 Å². The molecule has 3 amide bonds. The molecule has 0 bridgehead atoms. The largest absolute Gasteiger partial charge is 0.445 e. The van der Waals surface area contributed by atoms with E-state index < -0.39 is 30.0 Å². The van der Waals surface area contributed by atoms with E-state index in [0.29, 0.717) is 6.42 Å². The van der Waals surface area contributed by atoms with Crippen molar-refractivity contribution in [3.8, 4) is 0 Å². The smallest absolute Gasteiger partial charge is 0.408 e. The number of carbonyl (C=O) groups is 3. The van der Waals surface area contributed by atoms with Crippen LogP contribution in [0.4, 0.5) is 4.79 Å². The maximum Gasteiger partial charge on any atom is 0.408 e. The molecule has 0 aliphatic rings. The molecule has 4 N–H and O–H groups in total. The number of nitrogens with one attached hydrogen (secondary N) is 2. The highest BCUT2D eigenvalue weighted by atomic mass is 16.5. The van der Waals surface area contributed by atoms with E-state index in [1.807, 2.05) is 37.3 Å². The summed E-state index contributed by atoms with van der Waals surface area (Å²) in [4.78, 5) is 35.1. The van der Waals surface area contributed by atoms with Gasteiger partial charge < -0.3 is 21.1 Å². The summed E-state index contributed by atoms with van der Waals surface area (Å²) in [6.07, 6.45) is 1.43. The molecule has 0 saturated heterocycles. The number of carbonyl (C=O) groups excluding carboxylic acids is 3. The molecule has 0 heterocycles. The minimum atomic E-state index is -0.836. The first-order chi connectivity index (χ1) is 11.4. The van der Waals surface area contributed by atoms with E-state index >= 15 is 0 Å². The molecule has 0 aromatic heterocycles. The zero-order valence-electron chi connectivity index (χ0n) is 14.1. The van der Waals surface area contributed by atoms with Crippen LogP contribution in [-0.4, -0.2) is 30.0 Å². The van der Waals surface area contributed by atoms with E-state index in [1.165, 1.54) is 6.92 Å². The first kappa shape index (κ1) is 19.5. The lowest BCUT2D eigenvalue weighted by molar-refractivity contribution is -0.128. The van der Waals surface area contributed by atoms with Crippen molar-refractivity contribution < 1.29 is 19.1 Å². The third-order valence-electron chi connectivity index (χ3n) is 3.45. The third kappa shape index (κ3) is 7.13. The second-order valence-corrected chi connectivity index (χ2v) is 5.53. The first-order valence-corrected chi connectivity index (χ1v) is 8.01. The van der Waals surface area contributed by atoms with Crippen LogP contribution in [0.2, 0.25) is 0 Å². The van der Waals surface area contributed by atoms with Crippen LogP contribution < -0.4 is 16.4 Å². The summed E-state index contributed by atoms with van der Waals surface area (Å²) < 4.78 is 5.04. The fraction of sp³-hybridized carbons (Fsp3) is 0.471. The summed E-state index contributed by atoms with van der Waals surface area (Å²) in [5, 5.41) is 4.97. The summed E-state index contributed by atoms with van der Waals surface area (Å²) in [5.74, 6) is -1.07. The van der Waals surface area contributed by atoms with E-state index in [2.05, 4.69) is 10.6 Å². The van der Waals surface area contributed by atoms with Crippen LogP contribution in [0.15, 0.2) is 30.3 Å². The molecule has 7 nitrogen and oxygen atoms in total. The first-order valence-electron chi connectivity index (χ1n) is 8.01. The normalized spacial score (nSPS) is 12.8. The minimum Gasteiger partial charge on any atom is -0.445 e. The molecule has 1 aromatic carbocycles. The van der Waals surface area contributed by atoms with E-state index in [4.69, 9.17) is 10.5 Å². The summed E-state index contributed by atoms with van der Waals surface area (Å²) in [7, 11) is 0. The van der Waals surface area contributed by atoms with Gasteiger partial charge in [-0.25, -0.2) is 4.79 Å². The minimum absolute atomic E-state index is 0.113. The van der Waals surface area contributed by atoms with Crippen molar-refractivity contribution in [3.63, 3.8) is 0 Å². The Bertz CT molecular complexity index is 548. The van der Waals surface area contributed by atoms with E-state index in [1.54, 1.807) is 0 Å². The molecular weight excluding hydrogens is 310 g/mol. The zero-order chi connectivity index (χ0) is 17.9. The van der Waals surface area contributed by atoms with Crippen molar-refractivity contribution in [1.29, 1.82) is 0 Å². The average molecular weight is 335 g/mol. The fourth-order valence-electron chi connectivity index (χ4n) is 2.00. The molecule has 0 aliphatic carbocycles. The van der Waals surface area contributed by atoms with E-state index in [0.717, 1.165) is 18.4 Å². The Labute approximate surface area is 141 Å². The van der Waals surface area contributed by atoms with Gasteiger partial charge in [0.2, 0.25) is 11.8 Å². The summed E-state index contributed by atoms with van der Waals surface area (Å²) in [5.41, 5.74) is 6.12. The molecular formula is C17H25N3O4. The molecule has 132 valence electrons. The van der Waals surface area contributed by atoms with Gasteiger partial charge in [-0.15, -0.1) is 0 Å². The lowest BCUT2D eigenvalue weighted by Crippen LogP contribution is -2.51. The highest BCUT2D eigenvalue weighted by Gasteiger charge is 2.22. The Kier molecular flexibility index (Phi) is 8.32. The Morgan fingerprint density at radius 1 is 1.17 bits per heavy atom. The van der Waals surface area contributed by atoms with Gasteiger partial charge in [-0.05, 0) is 18.9 Å². The Balaban J connectivity index is 2.41. The number of unbranched alkanes of at least 4 members (excludes halogenated alkanes) is 1. The van der Waals surface area contributed by atoms with Gasteiger partial charge >= 0.3 is 6.09 Å². The number of ether oxygens (including phenoxy) is 1. The highest BCUT2D eigenvalue weighted by molar-refractivity contribution is 5.90. The molecule has 0 saturated carbocycles. The van der Waals surface area contributed by atoms with Gasteiger partial charge in [0, 0.05) is 0 Å². The van der Waals surface area contributed by atoms with Gasteiger partial charge in [0.1, 0.15) is 18.7 Å². The van der Waals surface area contributed by atoms with Gasteiger partial charge in [-0.2, -0.15) is 0 Å². The number of benzene rings is 1. The van der Waals surface area contributed by atoms with Gasteiger partial charge in [-0.3, -0.25) is 9.59 Å². The molecule has 0 radical (unpaired) electrons. The molecule has 2 unspecified atom stereocenters. The topological polar surface area (TPSA) is 111 Å². The number of nitrogens with two attached hydrogens (primary N) is 1. The predicted octanol–water partition coefficient (Wildman–Crippen LogP) is 1.46. The van der Waals surface area contributed by atoms with Crippen molar-refractivity contribution in [3.05, 3.63) is 35.9 Å². The molecule has 0 fully saturated rings. The van der Waals surface area contributed by atoms with Gasteiger partial charge in [-0.1, -0.05) is 50.1 Å². The summed E-state index contributed by atoms with van der Waals surface area (Å²) in [6.45, 7) is 3.60. The molecule has 7 heteroatoms. The summed E-state index contributed by atoms with van der Waals surface area (Å²) >= 11 is 0. The SMILES string of the molecule is CCCCC(NC(=O)C(C)NC(=O)OCc1ccccc1)C(N)=O. The van der Waals surface area contributed by atoms with Crippen molar-refractivity contribution in [1.82, 2.24) is 10.6 Å². The lowest BCUT2D eigenvalue weighted by Gasteiger charge is -2.19. The van der Waals surface area contributed by atoms with Crippen LogP contribution in [0.1, 0.15) is 38.7 Å². The van der Waals surface area contributed by atoms with Crippen LogP contribution >= 0.6 is 0 Å². The number of hydrogen-bond donors (Lipinski definition) is 3. The van der Waals surface area contributed by atoms with Crippen molar-refractivity contribution in [2.45, 2.75) is 51.8 Å². The molecule has 24 heavy (non-hydrogen) atoms. The number of rotatable bonds is 9. The average Bonchev–Trinajstić information content (AvgIpc) is 2.57. The molecule has 0 spiro atoms. The Morgan fingerprint density at radius 3 is 2.42 bits per heavy atom. The standard InChI is InChI=1S/C17H25N3O4/c1-3-4-10-14(15(18)21)20-16(22)12(2)19-17(23)24-11-13-8-6-5-7-9-13/h5-9,12,14H,3-4,10-11H2,1-2H3,(H2,18,21)(H,19,23)(H,20,22). The highest BCUT2D eigenvalue weighted by Crippen LogP contribution is 2.02. The van der Waals surface area contributed by atoms with Crippen LogP contribution in [0.5, 0.6) is 0 Å². The van der Waals surface area contributed by atoms with Crippen molar-refractivity contribution in [2.24, 2.45) is 5.73 Å². The number of amides is 3. The summed E-state index contributed by atoms with van der Waals surface area (Å²) in [6, 6.07) is 7.63. The Hall–Kier alpha value is -2.57. The molecule has 2 atom stereocenters. The van der Waals surface area contributed by atoms with Crippen LogP contribution in [0, 0.1) is 0 Å². The van der Waals surface area contributed by atoms with Crippen LogP contribution in [-0.2, 0) is 20.9 Å². The van der Waals surface area contributed by atoms with Crippen LogP contribution in [0.25, 0.3) is 0 Å². The third-order valence-corrected chi connectivity index (χ3v) is 3.45. The van der Waals surface area contributed by atoms with E-state index in [-0.39, 0.29) is 6.61 Å². The fourth-order valence-corrected chi connectivity index (χ4v) is 2.00. The molecule has 1 rings (SSSR count). The molecule has 0 aliphatic heterocycles. The maximum absolute atomic E-state index is 12.0. The van der Waals surface area contributed by atoms with Crippen molar-refractivity contribution >= 4 is 17.9 Å². The number of primary amides is 1. The molecule has 1 aromatic rings. The number of hydrogen-bond acceptors (Lipinski definition) is 4. The van der Waals surface area contributed by atoms with E-state index in [9.17, 15) is 14.4 Å². The lowest BCUT2D eigenvalue weighted by atomic mass is 10.1. The van der Waals surface area contributed by atoms with Crippen molar-refractivity contribution in [2.75, 3.05) is 0 Å². The number of alkyl carbamates (subject to hydrolysis) is 1.